The van der Waals surface area contributed by atoms with Crippen molar-refractivity contribution in [2.45, 2.75) is 45.7 Å². The molecule has 0 spiro atoms. The predicted molar refractivity (Wildman–Crippen MR) is 69.9 cm³/mol. The highest BCUT2D eigenvalue weighted by molar-refractivity contribution is 5.23. The van der Waals surface area contributed by atoms with Crippen molar-refractivity contribution in [1.82, 2.24) is 4.90 Å². The third kappa shape index (κ3) is 2.55. The van der Waals surface area contributed by atoms with E-state index in [1.807, 2.05) is 13.8 Å². The molecule has 3 heteroatoms. The van der Waals surface area contributed by atoms with Crippen LogP contribution in [0.15, 0.2) is 10.5 Å². The highest BCUT2D eigenvalue weighted by Crippen LogP contribution is 2.37. The topological polar surface area (TPSA) is 42.4 Å². The smallest absolute Gasteiger partial charge is 0.105 e. The van der Waals surface area contributed by atoms with E-state index in [0.29, 0.717) is 12.1 Å². The first-order valence-electron chi connectivity index (χ1n) is 6.53. The van der Waals surface area contributed by atoms with Gasteiger partial charge in [0.1, 0.15) is 11.5 Å². The quantitative estimate of drug-likeness (QED) is 0.854. The molecule has 96 valence electrons. The van der Waals surface area contributed by atoms with Crippen molar-refractivity contribution in [3.05, 3.63) is 23.2 Å². The van der Waals surface area contributed by atoms with Gasteiger partial charge >= 0.3 is 0 Å². The molecule has 1 aliphatic rings. The van der Waals surface area contributed by atoms with Gasteiger partial charge in [0.05, 0.1) is 0 Å². The molecule has 1 aromatic heterocycles. The van der Waals surface area contributed by atoms with Crippen molar-refractivity contribution < 1.29 is 4.42 Å². The van der Waals surface area contributed by atoms with E-state index in [-0.39, 0.29) is 0 Å². The van der Waals surface area contributed by atoms with Crippen LogP contribution in [0.3, 0.4) is 0 Å². The average Bonchev–Trinajstić information content (AvgIpc) is 3.04. The fourth-order valence-corrected chi connectivity index (χ4v) is 2.74. The van der Waals surface area contributed by atoms with Gasteiger partial charge in [-0.2, -0.15) is 0 Å². The second-order valence-corrected chi connectivity index (χ2v) is 5.35. The Balaban J connectivity index is 2.12. The van der Waals surface area contributed by atoms with E-state index in [0.717, 1.165) is 24.0 Å². The molecule has 0 bridgehead atoms. The van der Waals surface area contributed by atoms with E-state index in [9.17, 15) is 0 Å². The third-order valence-electron chi connectivity index (χ3n) is 4.07. The Kier molecular flexibility index (Phi) is 3.59. The van der Waals surface area contributed by atoms with Crippen LogP contribution in [0.1, 0.15) is 42.9 Å². The van der Waals surface area contributed by atoms with Crippen molar-refractivity contribution >= 4 is 0 Å². The van der Waals surface area contributed by atoms with E-state index < -0.39 is 0 Å². The van der Waals surface area contributed by atoms with Crippen LogP contribution in [0.25, 0.3) is 0 Å². The fourth-order valence-electron chi connectivity index (χ4n) is 2.74. The third-order valence-corrected chi connectivity index (χ3v) is 4.07. The van der Waals surface area contributed by atoms with Crippen molar-refractivity contribution in [3.8, 4) is 0 Å². The number of rotatable bonds is 5. The lowest BCUT2D eigenvalue weighted by Crippen LogP contribution is -2.41. The molecule has 2 N–H and O–H groups in total. The monoisotopic (exact) mass is 236 g/mol. The SMILES string of the molecule is Cc1cc(C(C)N(C)C(CN)C2CC2)c(C)o1. The van der Waals surface area contributed by atoms with E-state index in [2.05, 4.69) is 24.9 Å². The summed E-state index contributed by atoms with van der Waals surface area (Å²) in [5.41, 5.74) is 7.20. The predicted octanol–water partition coefficient (Wildman–Crippen LogP) is 2.63. The number of nitrogens with two attached hydrogens (primary N) is 1. The summed E-state index contributed by atoms with van der Waals surface area (Å²) in [5.74, 6) is 2.84. The van der Waals surface area contributed by atoms with Gasteiger partial charge in [-0.25, -0.2) is 0 Å². The van der Waals surface area contributed by atoms with E-state index >= 15 is 0 Å². The van der Waals surface area contributed by atoms with Gasteiger partial charge in [0.2, 0.25) is 0 Å². The minimum absolute atomic E-state index is 0.376. The summed E-state index contributed by atoms with van der Waals surface area (Å²) in [6.07, 6.45) is 2.67. The molecule has 0 saturated heterocycles. The van der Waals surface area contributed by atoms with Crippen LogP contribution >= 0.6 is 0 Å². The summed E-state index contributed by atoms with van der Waals surface area (Å²) in [6, 6.07) is 3.04. The van der Waals surface area contributed by atoms with Crippen LogP contribution in [-0.2, 0) is 0 Å². The molecule has 2 unspecified atom stereocenters. The summed E-state index contributed by atoms with van der Waals surface area (Å²) in [5, 5.41) is 0. The highest BCUT2D eigenvalue weighted by Gasteiger charge is 2.35. The van der Waals surface area contributed by atoms with Crippen molar-refractivity contribution in [3.63, 3.8) is 0 Å². The van der Waals surface area contributed by atoms with Gasteiger partial charge in [-0.1, -0.05) is 0 Å². The van der Waals surface area contributed by atoms with E-state index in [1.54, 1.807) is 0 Å². The molecule has 2 atom stereocenters. The number of likely N-dealkylation sites (N-methyl/N-ethyl adjacent to an activating group) is 1. The molecule has 2 rings (SSSR count). The van der Waals surface area contributed by atoms with Crippen molar-refractivity contribution in [2.24, 2.45) is 11.7 Å². The van der Waals surface area contributed by atoms with E-state index in [1.165, 1.54) is 18.4 Å². The zero-order valence-electron chi connectivity index (χ0n) is 11.4. The maximum Gasteiger partial charge on any atom is 0.105 e. The zero-order chi connectivity index (χ0) is 12.6. The molecule has 0 radical (unpaired) electrons. The largest absolute Gasteiger partial charge is 0.466 e. The van der Waals surface area contributed by atoms with Crippen LogP contribution in [0.4, 0.5) is 0 Å². The molecule has 1 aromatic rings. The molecule has 1 fully saturated rings. The first-order chi connectivity index (χ1) is 8.04. The van der Waals surface area contributed by atoms with Gasteiger partial charge in [-0.15, -0.1) is 0 Å². The van der Waals surface area contributed by atoms with Gasteiger partial charge in [0.15, 0.2) is 0 Å². The van der Waals surface area contributed by atoms with Crippen LogP contribution in [0.2, 0.25) is 0 Å². The Hall–Kier alpha value is -0.800. The lowest BCUT2D eigenvalue weighted by molar-refractivity contribution is 0.169. The first-order valence-corrected chi connectivity index (χ1v) is 6.53. The molecule has 3 nitrogen and oxygen atoms in total. The number of furan rings is 1. The average molecular weight is 236 g/mol. The van der Waals surface area contributed by atoms with Gasteiger partial charge in [0.25, 0.3) is 0 Å². The molecular weight excluding hydrogens is 212 g/mol. The van der Waals surface area contributed by atoms with Crippen LogP contribution in [0, 0.1) is 19.8 Å². The van der Waals surface area contributed by atoms with Crippen molar-refractivity contribution in [2.75, 3.05) is 13.6 Å². The number of hydrogen-bond acceptors (Lipinski definition) is 3. The second kappa shape index (κ2) is 4.83. The lowest BCUT2D eigenvalue weighted by atomic mass is 10.0. The molecule has 0 aromatic carbocycles. The van der Waals surface area contributed by atoms with Gasteiger partial charge in [0, 0.05) is 24.2 Å². The van der Waals surface area contributed by atoms with Gasteiger partial charge in [-0.05, 0) is 52.6 Å². The van der Waals surface area contributed by atoms with E-state index in [4.69, 9.17) is 10.2 Å². The zero-order valence-corrected chi connectivity index (χ0v) is 11.4. The Labute approximate surface area is 104 Å². The lowest BCUT2D eigenvalue weighted by Gasteiger charge is -2.32. The van der Waals surface area contributed by atoms with Gasteiger partial charge in [-0.3, -0.25) is 4.90 Å². The van der Waals surface area contributed by atoms with Crippen LogP contribution in [-0.4, -0.2) is 24.5 Å². The normalized spacial score (nSPS) is 19.6. The molecule has 0 aliphatic heterocycles. The standard InChI is InChI=1S/C14H24N2O/c1-9-7-13(11(3)17-9)10(2)16(4)14(8-15)12-5-6-12/h7,10,12,14H,5-6,8,15H2,1-4H3. The molecule has 17 heavy (non-hydrogen) atoms. The molecule has 0 amide bonds. The number of hydrogen-bond donors (Lipinski definition) is 1. The van der Waals surface area contributed by atoms with Gasteiger partial charge < -0.3 is 10.2 Å². The number of nitrogens with zero attached hydrogens (tertiary/aromatic N) is 1. The minimum Gasteiger partial charge on any atom is -0.466 e. The summed E-state index contributed by atoms with van der Waals surface area (Å²) >= 11 is 0. The van der Waals surface area contributed by atoms with Crippen LogP contribution in [0.5, 0.6) is 0 Å². The maximum absolute atomic E-state index is 5.91. The summed E-state index contributed by atoms with van der Waals surface area (Å²) in [4.78, 5) is 2.41. The summed E-state index contributed by atoms with van der Waals surface area (Å²) in [7, 11) is 2.18. The summed E-state index contributed by atoms with van der Waals surface area (Å²) in [6.45, 7) is 7.04. The molecule has 1 heterocycles. The molecular formula is C14H24N2O. The van der Waals surface area contributed by atoms with Crippen molar-refractivity contribution in [1.29, 1.82) is 0 Å². The molecule has 1 saturated carbocycles. The fraction of sp³-hybridized carbons (Fsp3) is 0.714. The second-order valence-electron chi connectivity index (χ2n) is 5.35. The maximum atomic E-state index is 5.91. The first kappa shape index (κ1) is 12.7. The number of aryl methyl sites for hydroxylation is 2. The Morgan fingerprint density at radius 3 is 2.53 bits per heavy atom. The Morgan fingerprint density at radius 2 is 2.12 bits per heavy atom. The summed E-state index contributed by atoms with van der Waals surface area (Å²) < 4.78 is 5.62. The Bertz CT molecular complexity index is 382. The minimum atomic E-state index is 0.376. The van der Waals surface area contributed by atoms with Crippen LogP contribution < -0.4 is 5.73 Å². The highest BCUT2D eigenvalue weighted by atomic mass is 16.3. The molecule has 1 aliphatic carbocycles. The Morgan fingerprint density at radius 1 is 1.47 bits per heavy atom.